The minimum Gasteiger partial charge on any atom is -0.378 e. The molecule has 0 radical (unpaired) electrons. The smallest absolute Gasteiger partial charge is 0.253 e. The van der Waals surface area contributed by atoms with Gasteiger partial charge in [0, 0.05) is 18.7 Å². The number of benzene rings is 1. The van der Waals surface area contributed by atoms with Crippen LogP contribution in [-0.2, 0) is 11.3 Å². The number of hydrogen-bond acceptors (Lipinski definition) is 4. The van der Waals surface area contributed by atoms with E-state index in [2.05, 4.69) is 4.90 Å². The summed E-state index contributed by atoms with van der Waals surface area (Å²) in [6, 6.07) is 7.38. The highest BCUT2D eigenvalue weighted by molar-refractivity contribution is 5.95. The van der Waals surface area contributed by atoms with Crippen LogP contribution in [0.2, 0.25) is 0 Å². The van der Waals surface area contributed by atoms with E-state index in [0.717, 1.165) is 12.1 Å². The summed E-state index contributed by atoms with van der Waals surface area (Å²) in [5.74, 6) is -0.956. The van der Waals surface area contributed by atoms with Crippen molar-refractivity contribution < 1.29 is 14.7 Å². The molecule has 1 aliphatic rings. The van der Waals surface area contributed by atoms with E-state index in [0.29, 0.717) is 24.9 Å². The third kappa shape index (κ3) is 3.64. The number of β-amino-alcohol motifs (C(OH)–C–C–N with tert-alkyl or cyclic N) is 1. The van der Waals surface area contributed by atoms with Gasteiger partial charge in [0.15, 0.2) is 5.60 Å². The molecule has 2 rings (SSSR count). The van der Waals surface area contributed by atoms with Gasteiger partial charge in [-0.25, -0.2) is 0 Å². The van der Waals surface area contributed by atoms with Gasteiger partial charge in [0.25, 0.3) is 11.8 Å². The van der Waals surface area contributed by atoms with E-state index in [4.69, 9.17) is 5.73 Å². The summed E-state index contributed by atoms with van der Waals surface area (Å²) in [6.07, 6.45) is 0.859. The summed E-state index contributed by atoms with van der Waals surface area (Å²) in [5.41, 5.74) is 5.30. The highest BCUT2D eigenvalue weighted by atomic mass is 16.3. The molecule has 3 N–H and O–H groups in total. The van der Waals surface area contributed by atoms with Crippen LogP contribution in [0.25, 0.3) is 0 Å². The number of carbonyl (C=O) groups is 2. The quantitative estimate of drug-likeness (QED) is 0.832. The molecule has 1 aromatic carbocycles. The lowest BCUT2D eigenvalue weighted by molar-refractivity contribution is -0.140. The van der Waals surface area contributed by atoms with Crippen molar-refractivity contribution in [3.63, 3.8) is 0 Å². The molecular weight excluding hydrogens is 282 g/mol. The first-order valence-electron chi connectivity index (χ1n) is 7.37. The standard InChI is InChI=1S/C16H23N3O3/c1-18(2)10-12-4-6-13(7-5-12)14(20)19-9-3-8-16(22,11-19)15(17)21/h4-7,22H,3,8-11H2,1-2H3,(H2,17,21). The zero-order valence-electron chi connectivity index (χ0n) is 13.1. The second-order valence-corrected chi connectivity index (χ2v) is 6.16. The zero-order valence-corrected chi connectivity index (χ0v) is 13.1. The first-order valence-corrected chi connectivity index (χ1v) is 7.37. The van der Waals surface area contributed by atoms with Crippen molar-refractivity contribution in [2.45, 2.75) is 25.0 Å². The summed E-state index contributed by atoms with van der Waals surface area (Å²) >= 11 is 0. The third-order valence-corrected chi connectivity index (χ3v) is 3.92. The lowest BCUT2D eigenvalue weighted by Crippen LogP contribution is -2.57. The molecule has 0 saturated carbocycles. The number of amides is 2. The average molecular weight is 305 g/mol. The van der Waals surface area contributed by atoms with Crippen LogP contribution in [0.3, 0.4) is 0 Å². The van der Waals surface area contributed by atoms with E-state index in [9.17, 15) is 14.7 Å². The Hall–Kier alpha value is -1.92. The van der Waals surface area contributed by atoms with Gasteiger partial charge in [-0.15, -0.1) is 0 Å². The van der Waals surface area contributed by atoms with Gasteiger partial charge >= 0.3 is 0 Å². The molecule has 0 aliphatic carbocycles. The van der Waals surface area contributed by atoms with Gasteiger partial charge in [0.2, 0.25) is 0 Å². The molecule has 1 atom stereocenters. The van der Waals surface area contributed by atoms with Gasteiger partial charge in [-0.05, 0) is 44.6 Å². The van der Waals surface area contributed by atoms with Gasteiger partial charge in [0.05, 0.1) is 6.54 Å². The fourth-order valence-corrected chi connectivity index (χ4v) is 2.71. The van der Waals surface area contributed by atoms with E-state index >= 15 is 0 Å². The number of rotatable bonds is 4. The van der Waals surface area contributed by atoms with Gasteiger partial charge in [-0.3, -0.25) is 9.59 Å². The molecule has 1 saturated heterocycles. The Morgan fingerprint density at radius 2 is 1.95 bits per heavy atom. The molecule has 6 nitrogen and oxygen atoms in total. The van der Waals surface area contributed by atoms with E-state index in [-0.39, 0.29) is 12.5 Å². The number of aliphatic hydroxyl groups is 1. The summed E-state index contributed by atoms with van der Waals surface area (Å²) < 4.78 is 0. The van der Waals surface area contributed by atoms with Crippen molar-refractivity contribution >= 4 is 11.8 Å². The van der Waals surface area contributed by atoms with E-state index in [1.807, 2.05) is 26.2 Å². The fourth-order valence-electron chi connectivity index (χ4n) is 2.71. The number of likely N-dealkylation sites (tertiary alicyclic amines) is 1. The number of hydrogen-bond donors (Lipinski definition) is 2. The Kier molecular flexibility index (Phi) is 4.83. The molecular formula is C16H23N3O3. The fraction of sp³-hybridized carbons (Fsp3) is 0.500. The van der Waals surface area contributed by atoms with E-state index in [1.165, 1.54) is 4.90 Å². The van der Waals surface area contributed by atoms with Crippen LogP contribution in [0.4, 0.5) is 0 Å². The topological polar surface area (TPSA) is 86.9 Å². The van der Waals surface area contributed by atoms with Crippen LogP contribution in [0.15, 0.2) is 24.3 Å². The van der Waals surface area contributed by atoms with E-state index in [1.54, 1.807) is 12.1 Å². The zero-order chi connectivity index (χ0) is 16.3. The predicted octanol–water partition coefficient (Wildman–Crippen LogP) is 0.201. The molecule has 1 heterocycles. The molecule has 0 spiro atoms. The highest BCUT2D eigenvalue weighted by Crippen LogP contribution is 2.22. The van der Waals surface area contributed by atoms with Crippen molar-refractivity contribution in [1.82, 2.24) is 9.80 Å². The van der Waals surface area contributed by atoms with Crippen molar-refractivity contribution in [2.24, 2.45) is 5.73 Å². The normalized spacial score (nSPS) is 21.9. The molecule has 1 unspecified atom stereocenters. The van der Waals surface area contributed by atoms with Crippen molar-refractivity contribution in [1.29, 1.82) is 0 Å². The SMILES string of the molecule is CN(C)Cc1ccc(C(=O)N2CCCC(O)(C(N)=O)C2)cc1. The van der Waals surface area contributed by atoms with Crippen LogP contribution in [0.5, 0.6) is 0 Å². The molecule has 120 valence electrons. The number of nitrogens with zero attached hydrogens (tertiary/aromatic N) is 2. The molecule has 0 bridgehead atoms. The van der Waals surface area contributed by atoms with Crippen LogP contribution in [-0.4, -0.2) is 59.5 Å². The second kappa shape index (κ2) is 6.46. The molecule has 1 fully saturated rings. The Labute approximate surface area is 130 Å². The lowest BCUT2D eigenvalue weighted by Gasteiger charge is -2.37. The van der Waals surface area contributed by atoms with E-state index < -0.39 is 11.5 Å². The largest absolute Gasteiger partial charge is 0.378 e. The number of piperidine rings is 1. The Morgan fingerprint density at radius 3 is 2.50 bits per heavy atom. The minimum atomic E-state index is -1.61. The third-order valence-electron chi connectivity index (χ3n) is 3.92. The van der Waals surface area contributed by atoms with Crippen molar-refractivity contribution in [3.8, 4) is 0 Å². The minimum absolute atomic E-state index is 0.0411. The van der Waals surface area contributed by atoms with Gasteiger partial charge in [0.1, 0.15) is 0 Å². The van der Waals surface area contributed by atoms with Crippen LogP contribution in [0, 0.1) is 0 Å². The summed E-state index contributed by atoms with van der Waals surface area (Å²) in [4.78, 5) is 27.4. The molecule has 0 aromatic heterocycles. The number of primary amides is 1. The maximum absolute atomic E-state index is 12.5. The first kappa shape index (κ1) is 16.5. The lowest BCUT2D eigenvalue weighted by atomic mass is 9.92. The Bertz CT molecular complexity index is 556. The number of carbonyl (C=O) groups excluding carboxylic acids is 2. The molecule has 6 heteroatoms. The molecule has 1 aliphatic heterocycles. The summed E-state index contributed by atoms with van der Waals surface area (Å²) in [6.45, 7) is 1.29. The first-order chi connectivity index (χ1) is 10.3. The molecule has 22 heavy (non-hydrogen) atoms. The van der Waals surface area contributed by atoms with Crippen molar-refractivity contribution in [2.75, 3.05) is 27.2 Å². The molecule has 2 amide bonds. The summed E-state index contributed by atoms with van der Waals surface area (Å²) in [7, 11) is 3.97. The Morgan fingerprint density at radius 1 is 1.32 bits per heavy atom. The highest BCUT2D eigenvalue weighted by Gasteiger charge is 2.40. The monoisotopic (exact) mass is 305 g/mol. The van der Waals surface area contributed by atoms with Crippen molar-refractivity contribution in [3.05, 3.63) is 35.4 Å². The second-order valence-electron chi connectivity index (χ2n) is 6.16. The van der Waals surface area contributed by atoms with Gasteiger partial charge in [-0.1, -0.05) is 12.1 Å². The average Bonchev–Trinajstić information content (AvgIpc) is 2.46. The van der Waals surface area contributed by atoms with Crippen LogP contribution >= 0.6 is 0 Å². The van der Waals surface area contributed by atoms with Gasteiger partial charge < -0.3 is 20.6 Å². The maximum atomic E-state index is 12.5. The van der Waals surface area contributed by atoms with Crippen LogP contribution < -0.4 is 5.73 Å². The number of nitrogens with two attached hydrogens (primary N) is 1. The van der Waals surface area contributed by atoms with Crippen LogP contribution in [0.1, 0.15) is 28.8 Å². The maximum Gasteiger partial charge on any atom is 0.253 e. The Balaban J connectivity index is 2.09. The summed E-state index contributed by atoms with van der Waals surface area (Å²) in [5, 5.41) is 10.2. The predicted molar refractivity (Wildman–Crippen MR) is 83.1 cm³/mol. The van der Waals surface area contributed by atoms with Gasteiger partial charge in [-0.2, -0.15) is 0 Å². The molecule has 1 aromatic rings.